The third-order valence-electron chi connectivity index (χ3n) is 2.77. The van der Waals surface area contributed by atoms with Crippen LogP contribution in [0.15, 0.2) is 23.1 Å². The second-order valence-corrected chi connectivity index (χ2v) is 5.69. The molecule has 0 saturated heterocycles. The van der Waals surface area contributed by atoms with Crippen molar-refractivity contribution in [3.8, 4) is 0 Å². The van der Waals surface area contributed by atoms with Gasteiger partial charge in [0.15, 0.2) is 0 Å². The summed E-state index contributed by atoms with van der Waals surface area (Å²) in [5.74, 6) is 2.32. The molecule has 0 N–H and O–H groups in total. The van der Waals surface area contributed by atoms with Gasteiger partial charge in [-0.1, -0.05) is 13.8 Å². The fourth-order valence-electron chi connectivity index (χ4n) is 1.55. The summed E-state index contributed by atoms with van der Waals surface area (Å²) >= 11 is 1.86. The second-order valence-electron chi connectivity index (χ2n) is 4.59. The fraction of sp³-hybridized carbons (Fsp3) is 0.538. The van der Waals surface area contributed by atoms with Crippen LogP contribution in [-0.2, 0) is 0 Å². The van der Waals surface area contributed by atoms with E-state index >= 15 is 0 Å². The molecule has 82 valence electrons. The SMILES string of the molecule is CC(C)c1cc(SCC2CC2)ccc1F. The first-order valence-electron chi connectivity index (χ1n) is 5.59. The predicted octanol–water partition coefficient (Wildman–Crippen LogP) is 4.45. The van der Waals surface area contributed by atoms with Gasteiger partial charge in [-0.25, -0.2) is 4.39 Å². The van der Waals surface area contributed by atoms with E-state index in [1.165, 1.54) is 23.5 Å². The summed E-state index contributed by atoms with van der Waals surface area (Å²) in [6.45, 7) is 4.07. The van der Waals surface area contributed by atoms with Crippen LogP contribution in [0.1, 0.15) is 38.2 Å². The summed E-state index contributed by atoms with van der Waals surface area (Å²) in [6.07, 6.45) is 2.76. The Morgan fingerprint density at radius 1 is 1.40 bits per heavy atom. The van der Waals surface area contributed by atoms with Gasteiger partial charge in [0.1, 0.15) is 5.82 Å². The van der Waals surface area contributed by atoms with Crippen LogP contribution < -0.4 is 0 Å². The van der Waals surface area contributed by atoms with Crippen LogP contribution in [0.25, 0.3) is 0 Å². The van der Waals surface area contributed by atoms with E-state index in [9.17, 15) is 4.39 Å². The molecule has 0 aliphatic heterocycles. The Kier molecular flexibility index (Phi) is 3.35. The van der Waals surface area contributed by atoms with E-state index in [4.69, 9.17) is 0 Å². The van der Waals surface area contributed by atoms with Crippen LogP contribution in [0.2, 0.25) is 0 Å². The Labute approximate surface area is 95.3 Å². The van der Waals surface area contributed by atoms with Crippen molar-refractivity contribution in [2.45, 2.75) is 37.5 Å². The van der Waals surface area contributed by atoms with E-state index in [-0.39, 0.29) is 11.7 Å². The lowest BCUT2D eigenvalue weighted by molar-refractivity contribution is 0.596. The molecular formula is C13H17FS. The minimum absolute atomic E-state index is 0.0687. The first-order valence-corrected chi connectivity index (χ1v) is 6.57. The molecule has 1 aromatic rings. The highest BCUT2D eigenvalue weighted by Crippen LogP contribution is 2.35. The maximum absolute atomic E-state index is 13.4. The zero-order chi connectivity index (χ0) is 10.8. The number of halogens is 1. The predicted molar refractivity (Wildman–Crippen MR) is 63.9 cm³/mol. The second kappa shape index (κ2) is 4.56. The molecule has 0 radical (unpaired) electrons. The minimum Gasteiger partial charge on any atom is -0.207 e. The van der Waals surface area contributed by atoms with Gasteiger partial charge < -0.3 is 0 Å². The zero-order valence-electron chi connectivity index (χ0n) is 9.29. The van der Waals surface area contributed by atoms with Crippen LogP contribution in [0.4, 0.5) is 4.39 Å². The van der Waals surface area contributed by atoms with Gasteiger partial charge in [-0.05, 0) is 48.4 Å². The van der Waals surface area contributed by atoms with E-state index in [0.29, 0.717) is 0 Å². The summed E-state index contributed by atoms with van der Waals surface area (Å²) in [7, 11) is 0. The van der Waals surface area contributed by atoms with Gasteiger partial charge in [-0.3, -0.25) is 0 Å². The largest absolute Gasteiger partial charge is 0.207 e. The molecule has 1 saturated carbocycles. The average Bonchev–Trinajstić information content (AvgIpc) is 3.00. The van der Waals surface area contributed by atoms with Crippen molar-refractivity contribution in [1.82, 2.24) is 0 Å². The van der Waals surface area contributed by atoms with E-state index < -0.39 is 0 Å². The molecule has 1 fully saturated rings. The van der Waals surface area contributed by atoms with Gasteiger partial charge in [-0.2, -0.15) is 0 Å². The first-order chi connectivity index (χ1) is 7.16. The monoisotopic (exact) mass is 224 g/mol. The molecular weight excluding hydrogens is 207 g/mol. The van der Waals surface area contributed by atoms with Gasteiger partial charge in [0, 0.05) is 10.6 Å². The third kappa shape index (κ3) is 2.97. The Bertz CT molecular complexity index is 342. The van der Waals surface area contributed by atoms with Crippen LogP contribution in [-0.4, -0.2) is 5.75 Å². The number of hydrogen-bond acceptors (Lipinski definition) is 1. The third-order valence-corrected chi connectivity index (χ3v) is 4.00. The van der Waals surface area contributed by atoms with Gasteiger partial charge in [0.05, 0.1) is 0 Å². The van der Waals surface area contributed by atoms with E-state index in [1.807, 2.05) is 37.7 Å². The molecule has 2 heteroatoms. The van der Waals surface area contributed by atoms with Crippen molar-refractivity contribution in [3.05, 3.63) is 29.6 Å². The van der Waals surface area contributed by atoms with Crippen molar-refractivity contribution in [2.75, 3.05) is 5.75 Å². The molecule has 0 spiro atoms. The Balaban J connectivity index is 2.06. The smallest absolute Gasteiger partial charge is 0.126 e. The molecule has 1 aliphatic rings. The Morgan fingerprint density at radius 3 is 2.73 bits per heavy atom. The molecule has 1 aromatic carbocycles. The van der Waals surface area contributed by atoms with Crippen LogP contribution in [0.3, 0.4) is 0 Å². The highest BCUT2D eigenvalue weighted by molar-refractivity contribution is 7.99. The normalized spacial score (nSPS) is 16.0. The van der Waals surface area contributed by atoms with Crippen LogP contribution >= 0.6 is 11.8 Å². The lowest BCUT2D eigenvalue weighted by Crippen LogP contribution is -1.93. The molecule has 0 atom stereocenters. The standard InChI is InChI=1S/C13H17FS/c1-9(2)12-7-11(5-6-13(12)14)15-8-10-3-4-10/h5-7,9-10H,3-4,8H2,1-2H3. The molecule has 0 amide bonds. The first kappa shape index (κ1) is 11.0. The van der Waals surface area contributed by atoms with Gasteiger partial charge in [-0.15, -0.1) is 11.8 Å². The summed E-state index contributed by atoms with van der Waals surface area (Å²) in [5.41, 5.74) is 0.843. The highest BCUT2D eigenvalue weighted by atomic mass is 32.2. The number of rotatable bonds is 4. The molecule has 0 bridgehead atoms. The topological polar surface area (TPSA) is 0 Å². The van der Waals surface area contributed by atoms with E-state index in [2.05, 4.69) is 0 Å². The molecule has 0 aromatic heterocycles. The molecule has 0 unspecified atom stereocenters. The van der Waals surface area contributed by atoms with E-state index in [1.54, 1.807) is 6.07 Å². The van der Waals surface area contributed by atoms with Crippen molar-refractivity contribution in [2.24, 2.45) is 5.92 Å². The Hall–Kier alpha value is -0.500. The van der Waals surface area contributed by atoms with Crippen LogP contribution in [0, 0.1) is 11.7 Å². The number of benzene rings is 1. The Morgan fingerprint density at radius 2 is 2.13 bits per heavy atom. The van der Waals surface area contributed by atoms with Crippen molar-refractivity contribution < 1.29 is 4.39 Å². The maximum atomic E-state index is 13.4. The number of hydrogen-bond donors (Lipinski definition) is 0. The summed E-state index contributed by atoms with van der Waals surface area (Å²) < 4.78 is 13.4. The minimum atomic E-state index is -0.0687. The maximum Gasteiger partial charge on any atom is 0.126 e. The molecule has 0 heterocycles. The number of thioether (sulfide) groups is 1. The quantitative estimate of drug-likeness (QED) is 0.681. The van der Waals surface area contributed by atoms with Crippen molar-refractivity contribution in [3.63, 3.8) is 0 Å². The van der Waals surface area contributed by atoms with E-state index in [0.717, 1.165) is 11.5 Å². The average molecular weight is 224 g/mol. The van der Waals surface area contributed by atoms with Gasteiger partial charge >= 0.3 is 0 Å². The summed E-state index contributed by atoms with van der Waals surface area (Å²) in [4.78, 5) is 1.21. The van der Waals surface area contributed by atoms with Crippen LogP contribution in [0.5, 0.6) is 0 Å². The lowest BCUT2D eigenvalue weighted by Gasteiger charge is -2.09. The van der Waals surface area contributed by atoms with Gasteiger partial charge in [0.25, 0.3) is 0 Å². The lowest BCUT2D eigenvalue weighted by atomic mass is 10.0. The highest BCUT2D eigenvalue weighted by Gasteiger charge is 2.21. The fourth-order valence-corrected chi connectivity index (χ4v) is 2.69. The molecule has 2 rings (SSSR count). The molecule has 15 heavy (non-hydrogen) atoms. The van der Waals surface area contributed by atoms with Gasteiger partial charge in [0.2, 0.25) is 0 Å². The van der Waals surface area contributed by atoms with Crippen molar-refractivity contribution >= 4 is 11.8 Å². The van der Waals surface area contributed by atoms with Crippen molar-refractivity contribution in [1.29, 1.82) is 0 Å². The molecule has 0 nitrogen and oxygen atoms in total. The zero-order valence-corrected chi connectivity index (χ0v) is 10.1. The molecule has 1 aliphatic carbocycles. The summed E-state index contributed by atoms with van der Waals surface area (Å²) in [6, 6.07) is 5.51. The summed E-state index contributed by atoms with van der Waals surface area (Å²) in [5, 5.41) is 0.